The third-order valence-electron chi connectivity index (χ3n) is 4.04. The maximum Gasteiger partial charge on any atom is 0.245 e. The molecular formula is C16H20N2O2S. The van der Waals surface area contributed by atoms with Gasteiger partial charge in [-0.3, -0.25) is 4.79 Å². The lowest BCUT2D eigenvalue weighted by molar-refractivity contribution is -0.132. The summed E-state index contributed by atoms with van der Waals surface area (Å²) in [5.41, 5.74) is 6.01. The Balaban J connectivity index is 1.61. The van der Waals surface area contributed by atoms with E-state index in [2.05, 4.69) is 6.92 Å². The molecule has 0 saturated heterocycles. The fraction of sp³-hybridized carbons (Fsp3) is 0.438. The van der Waals surface area contributed by atoms with Crippen LogP contribution in [-0.2, 0) is 11.3 Å². The maximum atomic E-state index is 12.3. The molecule has 3 unspecified atom stereocenters. The fourth-order valence-electron chi connectivity index (χ4n) is 2.54. The third kappa shape index (κ3) is 3.04. The van der Waals surface area contributed by atoms with Gasteiger partial charge in [-0.2, -0.15) is 0 Å². The lowest BCUT2D eigenvalue weighted by Gasteiger charge is -2.19. The van der Waals surface area contributed by atoms with Crippen molar-refractivity contribution < 1.29 is 9.21 Å². The van der Waals surface area contributed by atoms with Crippen LogP contribution in [0.25, 0.3) is 0 Å². The first-order valence-corrected chi connectivity index (χ1v) is 8.07. The molecule has 2 N–H and O–H groups in total. The molecule has 3 rings (SSSR count). The monoisotopic (exact) mass is 304 g/mol. The van der Waals surface area contributed by atoms with E-state index in [9.17, 15) is 4.79 Å². The van der Waals surface area contributed by atoms with Gasteiger partial charge in [-0.1, -0.05) is 13.0 Å². The molecule has 1 amide bonds. The quantitative estimate of drug-likeness (QED) is 0.923. The molecule has 2 aromatic rings. The molecule has 0 aliphatic heterocycles. The van der Waals surface area contributed by atoms with Crippen LogP contribution in [0, 0.1) is 5.92 Å². The van der Waals surface area contributed by atoms with Crippen molar-refractivity contribution in [1.29, 1.82) is 0 Å². The van der Waals surface area contributed by atoms with Gasteiger partial charge in [0.05, 0.1) is 6.54 Å². The molecule has 1 aliphatic carbocycles. The van der Waals surface area contributed by atoms with Gasteiger partial charge in [0.25, 0.3) is 0 Å². The van der Waals surface area contributed by atoms with Crippen molar-refractivity contribution in [1.82, 2.24) is 4.90 Å². The Morgan fingerprint density at radius 1 is 1.52 bits per heavy atom. The normalized spacial score (nSPS) is 22.0. The number of carbonyl (C=O) groups excluding carboxylic acids is 1. The van der Waals surface area contributed by atoms with Gasteiger partial charge < -0.3 is 15.1 Å². The lowest BCUT2D eigenvalue weighted by Crippen LogP contribution is -2.34. The number of hydrogen-bond acceptors (Lipinski definition) is 4. The molecule has 5 heteroatoms. The second-order valence-electron chi connectivity index (χ2n) is 5.81. The fourth-order valence-corrected chi connectivity index (χ4v) is 3.26. The molecule has 1 aliphatic rings. The highest BCUT2D eigenvalue weighted by molar-refractivity contribution is 7.10. The Bertz CT molecular complexity index is 620. The van der Waals surface area contributed by atoms with Crippen LogP contribution in [0.1, 0.15) is 41.7 Å². The summed E-state index contributed by atoms with van der Waals surface area (Å²) in [6.07, 6.45) is 1.20. The summed E-state index contributed by atoms with van der Waals surface area (Å²) in [5, 5.41) is 1.93. The van der Waals surface area contributed by atoms with Crippen LogP contribution in [0.5, 0.6) is 0 Å². The molecule has 3 atom stereocenters. The van der Waals surface area contributed by atoms with E-state index in [1.54, 1.807) is 11.9 Å². The number of hydrogen-bond donors (Lipinski definition) is 1. The van der Waals surface area contributed by atoms with E-state index < -0.39 is 6.04 Å². The van der Waals surface area contributed by atoms with Crippen molar-refractivity contribution in [2.24, 2.45) is 11.7 Å². The van der Waals surface area contributed by atoms with Gasteiger partial charge in [0.2, 0.25) is 5.91 Å². The van der Waals surface area contributed by atoms with Crippen LogP contribution in [0.4, 0.5) is 0 Å². The van der Waals surface area contributed by atoms with Crippen LogP contribution in [-0.4, -0.2) is 17.9 Å². The molecule has 21 heavy (non-hydrogen) atoms. The first-order valence-electron chi connectivity index (χ1n) is 7.19. The van der Waals surface area contributed by atoms with Gasteiger partial charge in [-0.05, 0) is 35.9 Å². The van der Waals surface area contributed by atoms with Crippen molar-refractivity contribution in [3.63, 3.8) is 0 Å². The zero-order valence-corrected chi connectivity index (χ0v) is 13.1. The van der Waals surface area contributed by atoms with E-state index >= 15 is 0 Å². The molecule has 2 heterocycles. The summed E-state index contributed by atoms with van der Waals surface area (Å²) in [6.45, 7) is 2.68. The van der Waals surface area contributed by atoms with Crippen LogP contribution in [0.3, 0.4) is 0 Å². The molecular weight excluding hydrogens is 284 g/mol. The number of likely N-dealkylation sites (N-methyl/N-ethyl adjacent to an activating group) is 1. The van der Waals surface area contributed by atoms with E-state index in [4.69, 9.17) is 10.2 Å². The van der Waals surface area contributed by atoms with E-state index in [1.165, 1.54) is 17.8 Å². The summed E-state index contributed by atoms with van der Waals surface area (Å²) < 4.78 is 5.84. The standard InChI is InChI=1S/C16H20N2O2S/c1-10-8-12(10)13-6-5-11(20-13)9-18(2)16(19)15(17)14-4-3-7-21-14/h3-7,10,12,15H,8-9,17H2,1-2H3. The van der Waals surface area contributed by atoms with Crippen molar-refractivity contribution in [2.75, 3.05) is 7.05 Å². The molecule has 1 saturated carbocycles. The van der Waals surface area contributed by atoms with E-state index in [1.807, 2.05) is 29.6 Å². The average molecular weight is 304 g/mol. The van der Waals surface area contributed by atoms with Crippen molar-refractivity contribution in [2.45, 2.75) is 31.8 Å². The van der Waals surface area contributed by atoms with Gasteiger partial charge in [0, 0.05) is 17.8 Å². The largest absolute Gasteiger partial charge is 0.464 e. The highest BCUT2D eigenvalue weighted by Gasteiger charge is 2.36. The van der Waals surface area contributed by atoms with Crippen molar-refractivity contribution in [3.8, 4) is 0 Å². The Hall–Kier alpha value is -1.59. The van der Waals surface area contributed by atoms with E-state index in [0.29, 0.717) is 12.5 Å². The highest BCUT2D eigenvalue weighted by Crippen LogP contribution is 2.47. The van der Waals surface area contributed by atoms with Crippen molar-refractivity contribution in [3.05, 3.63) is 46.0 Å². The van der Waals surface area contributed by atoms with E-state index in [-0.39, 0.29) is 5.91 Å². The summed E-state index contributed by atoms with van der Waals surface area (Å²) in [7, 11) is 1.76. The molecule has 0 spiro atoms. The Kier molecular flexibility index (Phi) is 3.87. The van der Waals surface area contributed by atoms with Gasteiger partial charge >= 0.3 is 0 Å². The number of nitrogens with two attached hydrogens (primary N) is 1. The van der Waals surface area contributed by atoms with Gasteiger partial charge in [0.15, 0.2) is 0 Å². The maximum absolute atomic E-state index is 12.3. The minimum Gasteiger partial charge on any atom is -0.464 e. The van der Waals surface area contributed by atoms with E-state index in [0.717, 1.165) is 22.3 Å². The Morgan fingerprint density at radius 2 is 2.29 bits per heavy atom. The number of rotatable bonds is 5. The molecule has 2 aromatic heterocycles. The second kappa shape index (κ2) is 5.66. The van der Waals surface area contributed by atoms with Crippen LogP contribution < -0.4 is 5.73 Å². The minimum absolute atomic E-state index is 0.0878. The van der Waals surface area contributed by atoms with Crippen LogP contribution >= 0.6 is 11.3 Å². The van der Waals surface area contributed by atoms with Crippen LogP contribution in [0.2, 0.25) is 0 Å². The summed E-state index contributed by atoms with van der Waals surface area (Å²) >= 11 is 1.50. The first-order chi connectivity index (χ1) is 10.1. The van der Waals surface area contributed by atoms with Crippen molar-refractivity contribution >= 4 is 17.2 Å². The van der Waals surface area contributed by atoms with Crippen LogP contribution in [0.15, 0.2) is 34.1 Å². The number of carbonyl (C=O) groups is 1. The predicted octanol–water partition coefficient (Wildman–Crippen LogP) is 3.12. The van der Waals surface area contributed by atoms with Gasteiger partial charge in [-0.15, -0.1) is 11.3 Å². The molecule has 0 bridgehead atoms. The number of nitrogens with zero attached hydrogens (tertiary/aromatic N) is 1. The summed E-state index contributed by atoms with van der Waals surface area (Å²) in [6, 6.07) is 7.19. The van der Waals surface area contributed by atoms with Gasteiger partial charge in [-0.25, -0.2) is 0 Å². The molecule has 0 aromatic carbocycles. The lowest BCUT2D eigenvalue weighted by atomic mass is 10.2. The Morgan fingerprint density at radius 3 is 2.90 bits per heavy atom. The third-order valence-corrected chi connectivity index (χ3v) is 5.00. The average Bonchev–Trinajstić information content (AvgIpc) is 2.92. The number of thiophene rings is 1. The second-order valence-corrected chi connectivity index (χ2v) is 6.79. The molecule has 4 nitrogen and oxygen atoms in total. The zero-order chi connectivity index (χ0) is 15.0. The first kappa shape index (κ1) is 14.4. The SMILES string of the molecule is CC1CC1c1ccc(CN(C)C(=O)C(N)c2cccs2)o1. The molecule has 112 valence electrons. The molecule has 0 radical (unpaired) electrons. The topological polar surface area (TPSA) is 59.5 Å². The zero-order valence-electron chi connectivity index (χ0n) is 12.3. The summed E-state index contributed by atoms with van der Waals surface area (Å²) in [4.78, 5) is 14.8. The molecule has 1 fully saturated rings. The smallest absolute Gasteiger partial charge is 0.245 e. The summed E-state index contributed by atoms with van der Waals surface area (Å²) in [5.74, 6) is 3.05. The number of amides is 1. The predicted molar refractivity (Wildman–Crippen MR) is 83.0 cm³/mol. The van der Waals surface area contributed by atoms with Gasteiger partial charge in [0.1, 0.15) is 17.6 Å². The number of furan rings is 1. The highest BCUT2D eigenvalue weighted by atomic mass is 32.1. The Labute approximate surface area is 128 Å². The minimum atomic E-state index is -0.590.